The molecule has 13 heteroatoms. The van der Waals surface area contributed by atoms with Crippen LogP contribution in [0.5, 0.6) is 0 Å². The molecule has 41 heavy (non-hydrogen) atoms. The molecule has 0 aliphatic carbocycles. The molecule has 1 aromatic heterocycles. The SMILES string of the molecule is Cn1nnnc1-c1cc(Br)cc(NC(=O)N[C@@H]2CCN(C(=O)O)C[C@H]2CN2CCC[C@@H](Cc3ccc(F)cc3)C2)c1. The molecule has 3 atom stereocenters. The number of urea groups is 1. The van der Waals surface area contributed by atoms with Crippen molar-refractivity contribution in [2.45, 2.75) is 31.7 Å². The normalized spacial score (nSPS) is 21.4. The Morgan fingerprint density at radius 1 is 1.12 bits per heavy atom. The van der Waals surface area contributed by atoms with Gasteiger partial charge in [-0.25, -0.2) is 18.7 Å². The number of halogens is 2. The van der Waals surface area contributed by atoms with E-state index in [2.05, 4.69) is 47.0 Å². The molecule has 2 aliphatic rings. The number of nitrogens with zero attached hydrogens (tertiary/aromatic N) is 6. The molecule has 5 rings (SSSR count). The first-order valence-corrected chi connectivity index (χ1v) is 14.6. The van der Waals surface area contributed by atoms with Crippen LogP contribution in [0.2, 0.25) is 0 Å². The molecule has 2 aromatic carbocycles. The Morgan fingerprint density at radius 2 is 1.93 bits per heavy atom. The molecule has 3 amide bonds. The zero-order chi connectivity index (χ0) is 28.9. The van der Waals surface area contributed by atoms with E-state index in [4.69, 9.17) is 0 Å². The van der Waals surface area contributed by atoms with Crippen molar-refractivity contribution in [3.8, 4) is 11.4 Å². The molecule has 3 aromatic rings. The van der Waals surface area contributed by atoms with Crippen molar-refractivity contribution in [2.75, 3.05) is 38.0 Å². The molecule has 3 N–H and O–H groups in total. The summed E-state index contributed by atoms with van der Waals surface area (Å²) in [6.45, 7) is 3.23. The second-order valence-corrected chi connectivity index (χ2v) is 11.9. The molecule has 11 nitrogen and oxygen atoms in total. The van der Waals surface area contributed by atoms with Crippen molar-refractivity contribution in [3.63, 3.8) is 0 Å². The molecule has 218 valence electrons. The van der Waals surface area contributed by atoms with Gasteiger partial charge in [-0.15, -0.1) is 5.10 Å². The van der Waals surface area contributed by atoms with Crippen molar-refractivity contribution >= 4 is 33.7 Å². The third kappa shape index (κ3) is 7.59. The Bertz CT molecular complexity index is 1370. The van der Waals surface area contributed by atoms with E-state index in [0.29, 0.717) is 43.5 Å². The van der Waals surface area contributed by atoms with E-state index in [1.807, 2.05) is 18.2 Å². The minimum Gasteiger partial charge on any atom is -0.465 e. The maximum absolute atomic E-state index is 13.3. The minimum atomic E-state index is -0.939. The molecule has 0 saturated carbocycles. The van der Waals surface area contributed by atoms with Gasteiger partial charge in [0.05, 0.1) is 0 Å². The summed E-state index contributed by atoms with van der Waals surface area (Å²) < 4.78 is 15.7. The zero-order valence-corrected chi connectivity index (χ0v) is 24.4. The highest BCUT2D eigenvalue weighted by Gasteiger charge is 2.34. The standard InChI is InChI=1S/C28H34BrFN8O3/c1-36-26(33-34-35-36)20-12-22(29)14-24(13-20)31-27(39)32-25-8-10-38(28(40)41)17-21(25)16-37-9-2-3-19(15-37)11-18-4-6-23(30)7-5-18/h4-7,12-14,19,21,25H,2-3,8-11,15-17H2,1H3,(H,40,41)(H2,31,32,39)/t19-,21+,25+/m0/s1. The van der Waals surface area contributed by atoms with E-state index in [-0.39, 0.29) is 23.8 Å². The van der Waals surface area contributed by atoms with Gasteiger partial charge in [0.2, 0.25) is 0 Å². The van der Waals surface area contributed by atoms with Crippen LogP contribution in [0.4, 0.5) is 19.7 Å². The van der Waals surface area contributed by atoms with E-state index in [0.717, 1.165) is 48.0 Å². The van der Waals surface area contributed by atoms with Crippen LogP contribution in [0.25, 0.3) is 11.4 Å². The van der Waals surface area contributed by atoms with Gasteiger partial charge in [-0.05, 0) is 84.5 Å². The first kappa shape index (κ1) is 28.9. The number of anilines is 1. The number of aromatic nitrogens is 4. The lowest BCUT2D eigenvalue weighted by Crippen LogP contribution is -2.56. The van der Waals surface area contributed by atoms with Crippen LogP contribution in [-0.2, 0) is 13.5 Å². The molecule has 2 fully saturated rings. The van der Waals surface area contributed by atoms with Gasteiger partial charge >= 0.3 is 12.1 Å². The second kappa shape index (κ2) is 12.9. The predicted octanol–water partition coefficient (Wildman–Crippen LogP) is 4.22. The highest BCUT2D eigenvalue weighted by atomic mass is 79.9. The number of likely N-dealkylation sites (tertiary alicyclic amines) is 2. The number of rotatable bonds is 7. The number of aryl methyl sites for hydroxylation is 1. The van der Waals surface area contributed by atoms with E-state index in [9.17, 15) is 19.1 Å². The lowest BCUT2D eigenvalue weighted by molar-refractivity contribution is 0.0786. The fraction of sp³-hybridized carbons (Fsp3) is 0.464. The number of amides is 3. The van der Waals surface area contributed by atoms with Crippen LogP contribution in [0.3, 0.4) is 0 Å². The number of hydrogen-bond acceptors (Lipinski definition) is 6. The smallest absolute Gasteiger partial charge is 0.407 e. The predicted molar refractivity (Wildman–Crippen MR) is 155 cm³/mol. The molecular formula is C28H34BrFN8O3. The van der Waals surface area contributed by atoms with Gasteiger partial charge in [-0.3, -0.25) is 0 Å². The highest BCUT2D eigenvalue weighted by molar-refractivity contribution is 9.10. The molecule has 2 aliphatic heterocycles. The third-order valence-electron chi connectivity index (χ3n) is 7.89. The van der Waals surface area contributed by atoms with Gasteiger partial charge < -0.3 is 25.5 Å². The summed E-state index contributed by atoms with van der Waals surface area (Å²) in [6.07, 6.45) is 2.62. The summed E-state index contributed by atoms with van der Waals surface area (Å²) >= 11 is 3.49. The first-order chi connectivity index (χ1) is 19.7. The summed E-state index contributed by atoms with van der Waals surface area (Å²) in [5.74, 6) is 0.718. The summed E-state index contributed by atoms with van der Waals surface area (Å²) in [7, 11) is 1.74. The van der Waals surface area contributed by atoms with Gasteiger partial charge in [-0.2, -0.15) is 0 Å². The van der Waals surface area contributed by atoms with Crippen molar-refractivity contribution in [3.05, 3.63) is 58.3 Å². The number of nitrogens with one attached hydrogen (secondary N) is 2. The number of carboxylic acid groups (broad SMARTS) is 1. The van der Waals surface area contributed by atoms with E-state index in [1.165, 1.54) is 17.0 Å². The summed E-state index contributed by atoms with van der Waals surface area (Å²) in [4.78, 5) is 28.8. The zero-order valence-electron chi connectivity index (χ0n) is 22.8. The second-order valence-electron chi connectivity index (χ2n) is 10.9. The van der Waals surface area contributed by atoms with Gasteiger partial charge in [0.15, 0.2) is 5.82 Å². The average Bonchev–Trinajstić information content (AvgIpc) is 3.36. The van der Waals surface area contributed by atoms with Crippen LogP contribution in [0.1, 0.15) is 24.8 Å². The van der Waals surface area contributed by atoms with Crippen LogP contribution >= 0.6 is 15.9 Å². The molecule has 0 bridgehead atoms. The number of piperidine rings is 2. The number of carbonyl (C=O) groups is 2. The van der Waals surface area contributed by atoms with Crippen LogP contribution < -0.4 is 10.6 Å². The monoisotopic (exact) mass is 628 g/mol. The van der Waals surface area contributed by atoms with Gasteiger partial charge in [0.25, 0.3) is 0 Å². The fourth-order valence-electron chi connectivity index (χ4n) is 5.95. The van der Waals surface area contributed by atoms with Crippen LogP contribution in [0, 0.1) is 17.7 Å². The molecule has 2 saturated heterocycles. The summed E-state index contributed by atoms with van der Waals surface area (Å²) in [5.41, 5.74) is 2.44. The topological polar surface area (TPSA) is 129 Å². The fourth-order valence-corrected chi connectivity index (χ4v) is 6.44. The maximum Gasteiger partial charge on any atom is 0.407 e. The van der Waals surface area contributed by atoms with E-state index >= 15 is 0 Å². The minimum absolute atomic E-state index is 0.0574. The Kier molecular flexibility index (Phi) is 9.13. The van der Waals surface area contributed by atoms with Crippen molar-refractivity contribution < 1.29 is 19.1 Å². The summed E-state index contributed by atoms with van der Waals surface area (Å²) in [6, 6.07) is 11.6. The number of carbonyl (C=O) groups excluding carboxylic acids is 1. The molecule has 0 unspecified atom stereocenters. The highest BCUT2D eigenvalue weighted by Crippen LogP contribution is 2.27. The van der Waals surface area contributed by atoms with Gasteiger partial charge in [0.1, 0.15) is 5.82 Å². The summed E-state index contributed by atoms with van der Waals surface area (Å²) in [5, 5.41) is 27.3. The quantitative estimate of drug-likeness (QED) is 0.357. The van der Waals surface area contributed by atoms with Crippen LogP contribution in [0.15, 0.2) is 46.9 Å². The van der Waals surface area contributed by atoms with Gasteiger partial charge in [-0.1, -0.05) is 28.1 Å². The largest absolute Gasteiger partial charge is 0.465 e. The van der Waals surface area contributed by atoms with Crippen molar-refractivity contribution in [1.82, 2.24) is 35.3 Å². The lowest BCUT2D eigenvalue weighted by atomic mass is 9.88. The van der Waals surface area contributed by atoms with E-state index < -0.39 is 6.09 Å². The third-order valence-corrected chi connectivity index (χ3v) is 8.35. The Morgan fingerprint density at radius 3 is 2.66 bits per heavy atom. The average molecular weight is 630 g/mol. The molecular weight excluding hydrogens is 595 g/mol. The van der Waals surface area contributed by atoms with Crippen LogP contribution in [-0.4, -0.2) is 86.0 Å². The lowest BCUT2D eigenvalue weighted by Gasteiger charge is -2.42. The molecule has 3 heterocycles. The molecule has 0 radical (unpaired) electrons. The van der Waals surface area contributed by atoms with Crippen molar-refractivity contribution in [2.24, 2.45) is 18.9 Å². The first-order valence-electron chi connectivity index (χ1n) is 13.8. The Labute approximate surface area is 246 Å². The number of hydrogen-bond donors (Lipinski definition) is 3. The number of benzene rings is 2. The van der Waals surface area contributed by atoms with E-state index in [1.54, 1.807) is 23.9 Å². The Balaban J connectivity index is 1.23. The maximum atomic E-state index is 13.3. The molecule has 0 spiro atoms. The van der Waals surface area contributed by atoms with Gasteiger partial charge in [0, 0.05) is 60.9 Å². The van der Waals surface area contributed by atoms with Crippen molar-refractivity contribution in [1.29, 1.82) is 0 Å². The Hall–Kier alpha value is -3.58. The number of tetrazole rings is 1.